The fourth-order valence-electron chi connectivity index (χ4n) is 2.41. The van der Waals surface area contributed by atoms with Gasteiger partial charge < -0.3 is 10.1 Å². The minimum absolute atomic E-state index is 0.0397. The van der Waals surface area contributed by atoms with Crippen molar-refractivity contribution in [2.24, 2.45) is 0 Å². The molecular formula is C14H19ClN2O4S. The van der Waals surface area contributed by atoms with Gasteiger partial charge in [-0.05, 0) is 32.8 Å². The number of nitrogens with zero attached hydrogens (tertiary/aromatic N) is 1. The van der Waals surface area contributed by atoms with E-state index in [1.54, 1.807) is 0 Å². The molecule has 2 rings (SSSR count). The van der Waals surface area contributed by atoms with E-state index < -0.39 is 15.7 Å². The number of nitrogens with one attached hydrogen (secondary N) is 1. The molecule has 122 valence electrons. The maximum atomic E-state index is 12.4. The van der Waals surface area contributed by atoms with Gasteiger partial charge in [-0.1, -0.05) is 11.6 Å². The fraction of sp³-hybridized carbons (Fsp3) is 0.571. The summed E-state index contributed by atoms with van der Waals surface area (Å²) in [5.74, 6) is -0.403. The molecule has 0 radical (unpaired) electrons. The van der Waals surface area contributed by atoms with Crippen molar-refractivity contribution in [3.63, 3.8) is 0 Å². The summed E-state index contributed by atoms with van der Waals surface area (Å²) in [6.45, 7) is 4.50. The lowest BCUT2D eigenvalue weighted by molar-refractivity contribution is -0.0615. The zero-order chi connectivity index (χ0) is 16.5. The average Bonchev–Trinajstić information content (AvgIpc) is 2.36. The summed E-state index contributed by atoms with van der Waals surface area (Å²) in [6, 6.07) is 1.17. The number of carbonyl (C=O) groups is 1. The molecule has 1 N–H and O–H groups in total. The molecule has 6 nitrogen and oxygen atoms in total. The smallest absolute Gasteiger partial charge is 0.253 e. The largest absolute Gasteiger partial charge is 0.375 e. The van der Waals surface area contributed by atoms with E-state index in [0.29, 0.717) is 19.4 Å². The van der Waals surface area contributed by atoms with Crippen LogP contribution in [0.15, 0.2) is 17.3 Å². The Morgan fingerprint density at radius 2 is 2.18 bits per heavy atom. The Hall–Kier alpha value is -1.18. The third-order valence-corrected chi connectivity index (χ3v) is 4.77. The van der Waals surface area contributed by atoms with Gasteiger partial charge in [0.25, 0.3) is 5.91 Å². The number of halogens is 1. The summed E-state index contributed by atoms with van der Waals surface area (Å²) in [7, 11) is -3.50. The molecule has 1 aliphatic heterocycles. The van der Waals surface area contributed by atoms with Crippen molar-refractivity contribution >= 4 is 27.3 Å². The molecule has 0 bridgehead atoms. The fourth-order valence-corrected chi connectivity index (χ4v) is 3.18. The van der Waals surface area contributed by atoms with E-state index in [1.165, 1.54) is 12.3 Å². The van der Waals surface area contributed by atoms with Crippen molar-refractivity contribution in [1.29, 1.82) is 0 Å². The van der Waals surface area contributed by atoms with Crippen LogP contribution in [0.3, 0.4) is 0 Å². The standard InChI is InChI=1S/C14H19ClN2O4S/c1-14(2)7-9(4-5-21-14)17-13(18)10-6-12(22(3,19)20)16-8-11(10)15/h6,8-9H,4-5,7H2,1-3H3,(H,17,18). The Bertz CT molecular complexity index is 688. The van der Waals surface area contributed by atoms with Gasteiger partial charge in [0, 0.05) is 25.1 Å². The quantitative estimate of drug-likeness (QED) is 0.902. The Balaban J connectivity index is 2.19. The van der Waals surface area contributed by atoms with Crippen LogP contribution in [0.5, 0.6) is 0 Å². The number of hydrogen-bond acceptors (Lipinski definition) is 5. The van der Waals surface area contributed by atoms with Gasteiger partial charge in [0.05, 0.1) is 16.2 Å². The minimum atomic E-state index is -3.50. The second kappa shape index (κ2) is 6.14. The van der Waals surface area contributed by atoms with Gasteiger partial charge in [0.15, 0.2) is 14.9 Å². The topological polar surface area (TPSA) is 85.4 Å². The maximum Gasteiger partial charge on any atom is 0.253 e. The molecule has 0 aromatic carbocycles. The number of hydrogen-bond donors (Lipinski definition) is 1. The van der Waals surface area contributed by atoms with Crippen molar-refractivity contribution in [2.45, 2.75) is 43.4 Å². The molecule has 1 aliphatic rings. The van der Waals surface area contributed by atoms with Gasteiger partial charge in [0.1, 0.15) is 0 Å². The minimum Gasteiger partial charge on any atom is -0.375 e. The Morgan fingerprint density at radius 3 is 2.77 bits per heavy atom. The second-order valence-corrected chi connectivity index (χ2v) is 8.42. The lowest BCUT2D eigenvalue weighted by Crippen LogP contribution is -2.45. The highest BCUT2D eigenvalue weighted by molar-refractivity contribution is 7.90. The van der Waals surface area contributed by atoms with Crippen LogP contribution in [0.2, 0.25) is 5.02 Å². The van der Waals surface area contributed by atoms with Gasteiger partial charge in [-0.25, -0.2) is 13.4 Å². The molecule has 2 heterocycles. The highest BCUT2D eigenvalue weighted by Gasteiger charge is 2.30. The van der Waals surface area contributed by atoms with Crippen molar-refractivity contribution in [3.8, 4) is 0 Å². The van der Waals surface area contributed by atoms with E-state index in [0.717, 1.165) is 6.26 Å². The Morgan fingerprint density at radius 1 is 1.50 bits per heavy atom. The number of aromatic nitrogens is 1. The summed E-state index contributed by atoms with van der Waals surface area (Å²) in [5.41, 5.74) is -0.183. The zero-order valence-electron chi connectivity index (χ0n) is 12.7. The monoisotopic (exact) mass is 346 g/mol. The predicted molar refractivity (Wildman–Crippen MR) is 82.9 cm³/mol. The summed E-state index contributed by atoms with van der Waals surface area (Å²) in [5, 5.41) is 2.83. The number of ether oxygens (including phenoxy) is 1. The highest BCUT2D eigenvalue weighted by Crippen LogP contribution is 2.25. The first kappa shape index (κ1) is 17.2. The van der Waals surface area contributed by atoms with Gasteiger partial charge >= 0.3 is 0 Å². The summed E-state index contributed by atoms with van der Waals surface area (Å²) in [4.78, 5) is 16.1. The zero-order valence-corrected chi connectivity index (χ0v) is 14.3. The van der Waals surface area contributed by atoms with E-state index in [1.807, 2.05) is 13.8 Å². The first-order chi connectivity index (χ1) is 10.1. The van der Waals surface area contributed by atoms with Crippen molar-refractivity contribution in [3.05, 3.63) is 22.8 Å². The van der Waals surface area contributed by atoms with Gasteiger partial charge in [0.2, 0.25) is 0 Å². The van der Waals surface area contributed by atoms with Crippen LogP contribution in [0.4, 0.5) is 0 Å². The van der Waals surface area contributed by atoms with Crippen molar-refractivity contribution in [1.82, 2.24) is 10.3 Å². The van der Waals surface area contributed by atoms with Gasteiger partial charge in [-0.3, -0.25) is 4.79 Å². The summed E-state index contributed by atoms with van der Waals surface area (Å²) in [6.07, 6.45) is 3.60. The normalized spacial score (nSPS) is 21.4. The van der Waals surface area contributed by atoms with E-state index in [2.05, 4.69) is 10.3 Å². The van der Waals surface area contributed by atoms with Gasteiger partial charge in [-0.15, -0.1) is 0 Å². The number of sulfone groups is 1. The number of pyridine rings is 1. The Kier molecular flexibility index (Phi) is 4.79. The third-order valence-electron chi connectivity index (χ3n) is 3.49. The van der Waals surface area contributed by atoms with Crippen LogP contribution in [0.25, 0.3) is 0 Å². The molecule has 1 amide bonds. The third kappa shape index (κ3) is 4.18. The maximum absolute atomic E-state index is 12.4. The number of carbonyl (C=O) groups excluding carboxylic acids is 1. The van der Waals surface area contributed by atoms with Crippen LogP contribution in [-0.2, 0) is 14.6 Å². The molecule has 1 saturated heterocycles. The van der Waals surface area contributed by atoms with Crippen LogP contribution in [0.1, 0.15) is 37.0 Å². The first-order valence-electron chi connectivity index (χ1n) is 6.89. The summed E-state index contributed by atoms with van der Waals surface area (Å²) < 4.78 is 28.7. The summed E-state index contributed by atoms with van der Waals surface area (Å²) >= 11 is 5.97. The molecule has 1 aromatic heterocycles. The molecule has 1 unspecified atom stereocenters. The molecule has 0 saturated carbocycles. The molecular weight excluding hydrogens is 328 g/mol. The first-order valence-corrected chi connectivity index (χ1v) is 9.16. The molecule has 8 heteroatoms. The van der Waals surface area contributed by atoms with Crippen molar-refractivity contribution < 1.29 is 17.9 Å². The number of rotatable bonds is 3. The molecule has 1 fully saturated rings. The molecule has 22 heavy (non-hydrogen) atoms. The second-order valence-electron chi connectivity index (χ2n) is 6.05. The Labute approximate surface area is 135 Å². The van der Waals surface area contributed by atoms with Crippen LogP contribution >= 0.6 is 11.6 Å². The van der Waals surface area contributed by atoms with E-state index in [9.17, 15) is 13.2 Å². The van der Waals surface area contributed by atoms with E-state index in [4.69, 9.17) is 16.3 Å². The lowest BCUT2D eigenvalue weighted by atomic mass is 9.94. The van der Waals surface area contributed by atoms with Crippen LogP contribution < -0.4 is 5.32 Å². The average molecular weight is 347 g/mol. The van der Waals surface area contributed by atoms with Crippen molar-refractivity contribution in [2.75, 3.05) is 12.9 Å². The van der Waals surface area contributed by atoms with Crippen LogP contribution in [-0.4, -0.2) is 43.8 Å². The predicted octanol–water partition coefficient (Wildman–Crippen LogP) is 1.83. The van der Waals surface area contributed by atoms with E-state index in [-0.39, 0.29) is 27.3 Å². The number of amides is 1. The SMILES string of the molecule is CC1(C)CC(NC(=O)c2cc(S(C)(=O)=O)ncc2Cl)CCO1. The highest BCUT2D eigenvalue weighted by atomic mass is 35.5. The molecule has 1 aromatic rings. The lowest BCUT2D eigenvalue weighted by Gasteiger charge is -2.35. The van der Waals surface area contributed by atoms with Crippen LogP contribution in [0, 0.1) is 0 Å². The molecule has 1 atom stereocenters. The van der Waals surface area contributed by atoms with Gasteiger partial charge in [-0.2, -0.15) is 0 Å². The molecule has 0 spiro atoms. The molecule has 0 aliphatic carbocycles. The van der Waals surface area contributed by atoms with E-state index >= 15 is 0 Å².